The molecule has 0 aliphatic rings. The van der Waals surface area contributed by atoms with Gasteiger partial charge in [0.15, 0.2) is 0 Å². The minimum Gasteiger partial charge on any atom is -0.271 e. The van der Waals surface area contributed by atoms with Crippen LogP contribution in [0, 0.1) is 20.8 Å². The fourth-order valence-electron chi connectivity index (χ4n) is 2.74. The van der Waals surface area contributed by atoms with E-state index in [4.69, 9.17) is 5.84 Å². The van der Waals surface area contributed by atoms with E-state index in [0.29, 0.717) is 0 Å². The summed E-state index contributed by atoms with van der Waals surface area (Å²) < 4.78 is 0. The second-order valence-corrected chi connectivity index (χ2v) is 5.54. The zero-order chi connectivity index (χ0) is 15.4. The topological polar surface area (TPSA) is 63.8 Å². The first-order chi connectivity index (χ1) is 10.1. The van der Waals surface area contributed by atoms with Gasteiger partial charge in [0, 0.05) is 0 Å². The SMILES string of the molecule is CCc1nnc(C)cc1C(Cc1c(C)cccc1C)NN. The summed E-state index contributed by atoms with van der Waals surface area (Å²) in [5.74, 6) is 5.83. The zero-order valence-electron chi connectivity index (χ0n) is 13.3. The highest BCUT2D eigenvalue weighted by atomic mass is 15.2. The Morgan fingerprint density at radius 3 is 2.38 bits per heavy atom. The van der Waals surface area contributed by atoms with E-state index < -0.39 is 0 Å². The minimum atomic E-state index is 0.0500. The van der Waals surface area contributed by atoms with Gasteiger partial charge >= 0.3 is 0 Å². The van der Waals surface area contributed by atoms with Crippen LogP contribution in [-0.2, 0) is 12.8 Å². The predicted octanol–water partition coefficient (Wildman–Crippen LogP) is 2.71. The molecule has 112 valence electrons. The molecule has 1 aromatic carbocycles. The standard InChI is InChI=1S/C17H24N4/c1-5-16-15(9-13(4)20-21-16)17(19-18)10-14-11(2)7-6-8-12(14)3/h6-9,17,19H,5,10,18H2,1-4H3. The molecule has 21 heavy (non-hydrogen) atoms. The lowest BCUT2D eigenvalue weighted by atomic mass is 9.92. The maximum Gasteiger partial charge on any atom is 0.0676 e. The van der Waals surface area contributed by atoms with Gasteiger partial charge in [-0.2, -0.15) is 10.2 Å². The van der Waals surface area contributed by atoms with E-state index in [9.17, 15) is 0 Å². The molecule has 1 aromatic heterocycles. The molecule has 0 aliphatic heterocycles. The number of hydrogen-bond acceptors (Lipinski definition) is 4. The molecular weight excluding hydrogens is 260 g/mol. The number of nitrogens with one attached hydrogen (secondary N) is 1. The third-order valence-electron chi connectivity index (χ3n) is 3.99. The molecule has 2 rings (SSSR count). The Labute approximate surface area is 126 Å². The van der Waals surface area contributed by atoms with E-state index in [1.807, 2.05) is 6.92 Å². The highest BCUT2D eigenvalue weighted by Gasteiger charge is 2.17. The van der Waals surface area contributed by atoms with Crippen LogP contribution >= 0.6 is 0 Å². The van der Waals surface area contributed by atoms with Crippen LogP contribution in [-0.4, -0.2) is 10.2 Å². The third kappa shape index (κ3) is 3.46. The van der Waals surface area contributed by atoms with Crippen molar-refractivity contribution in [1.82, 2.24) is 15.6 Å². The van der Waals surface area contributed by atoms with Crippen LogP contribution in [0.25, 0.3) is 0 Å². The van der Waals surface area contributed by atoms with E-state index in [0.717, 1.165) is 29.8 Å². The van der Waals surface area contributed by atoms with Gasteiger partial charge in [0.1, 0.15) is 0 Å². The summed E-state index contributed by atoms with van der Waals surface area (Å²) in [6, 6.07) is 8.52. The van der Waals surface area contributed by atoms with Gasteiger partial charge in [-0.25, -0.2) is 0 Å². The Morgan fingerprint density at radius 1 is 1.14 bits per heavy atom. The van der Waals surface area contributed by atoms with Crippen LogP contribution in [0.2, 0.25) is 0 Å². The quantitative estimate of drug-likeness (QED) is 0.654. The molecule has 3 N–H and O–H groups in total. The molecule has 0 saturated carbocycles. The molecule has 2 aromatic rings. The molecule has 0 saturated heterocycles. The van der Waals surface area contributed by atoms with Crippen LogP contribution in [0.15, 0.2) is 24.3 Å². The molecule has 1 atom stereocenters. The lowest BCUT2D eigenvalue weighted by Crippen LogP contribution is -2.31. The first kappa shape index (κ1) is 15.6. The van der Waals surface area contributed by atoms with Gasteiger partial charge in [-0.1, -0.05) is 25.1 Å². The molecule has 0 spiro atoms. The summed E-state index contributed by atoms with van der Waals surface area (Å²) in [6.45, 7) is 8.34. The Kier molecular flexibility index (Phi) is 5.04. The Hall–Kier alpha value is -1.78. The molecule has 0 fully saturated rings. The second kappa shape index (κ2) is 6.78. The minimum absolute atomic E-state index is 0.0500. The van der Waals surface area contributed by atoms with Crippen LogP contribution in [0.5, 0.6) is 0 Å². The number of rotatable bonds is 5. The van der Waals surface area contributed by atoms with E-state index in [1.165, 1.54) is 16.7 Å². The molecule has 0 aliphatic carbocycles. The van der Waals surface area contributed by atoms with E-state index in [-0.39, 0.29) is 6.04 Å². The smallest absolute Gasteiger partial charge is 0.0676 e. The summed E-state index contributed by atoms with van der Waals surface area (Å²) in [5, 5.41) is 8.46. The van der Waals surface area contributed by atoms with Gasteiger partial charge in [0.05, 0.1) is 17.4 Å². The predicted molar refractivity (Wildman–Crippen MR) is 85.8 cm³/mol. The summed E-state index contributed by atoms with van der Waals surface area (Å²) in [6.07, 6.45) is 1.71. The van der Waals surface area contributed by atoms with Crippen molar-refractivity contribution < 1.29 is 0 Å². The Morgan fingerprint density at radius 2 is 1.81 bits per heavy atom. The van der Waals surface area contributed by atoms with E-state index >= 15 is 0 Å². The Balaban J connectivity index is 2.39. The fraction of sp³-hybridized carbons (Fsp3) is 0.412. The summed E-state index contributed by atoms with van der Waals surface area (Å²) in [7, 11) is 0. The maximum atomic E-state index is 5.83. The van der Waals surface area contributed by atoms with Crippen LogP contribution in [0.4, 0.5) is 0 Å². The summed E-state index contributed by atoms with van der Waals surface area (Å²) in [5.41, 5.74) is 9.97. The van der Waals surface area contributed by atoms with Gasteiger partial charge in [-0.15, -0.1) is 0 Å². The summed E-state index contributed by atoms with van der Waals surface area (Å²) in [4.78, 5) is 0. The average Bonchev–Trinajstić information content (AvgIpc) is 2.47. The lowest BCUT2D eigenvalue weighted by molar-refractivity contribution is 0.539. The van der Waals surface area contributed by atoms with Gasteiger partial charge in [-0.3, -0.25) is 11.3 Å². The zero-order valence-corrected chi connectivity index (χ0v) is 13.3. The molecule has 1 unspecified atom stereocenters. The number of hydrogen-bond donors (Lipinski definition) is 2. The van der Waals surface area contributed by atoms with Crippen molar-refractivity contribution in [3.05, 3.63) is 57.9 Å². The average molecular weight is 284 g/mol. The van der Waals surface area contributed by atoms with E-state index in [2.05, 4.69) is 60.7 Å². The van der Waals surface area contributed by atoms with Crippen LogP contribution in [0.1, 0.15) is 46.6 Å². The molecule has 1 heterocycles. The number of aromatic nitrogens is 2. The largest absolute Gasteiger partial charge is 0.271 e. The molecule has 4 heteroatoms. The number of nitrogens with two attached hydrogens (primary N) is 1. The summed E-state index contributed by atoms with van der Waals surface area (Å²) >= 11 is 0. The number of aryl methyl sites for hydroxylation is 4. The molecule has 0 radical (unpaired) electrons. The van der Waals surface area contributed by atoms with Gasteiger partial charge < -0.3 is 0 Å². The maximum absolute atomic E-state index is 5.83. The molecule has 0 amide bonds. The van der Waals surface area contributed by atoms with Crippen molar-refractivity contribution >= 4 is 0 Å². The number of nitrogens with zero attached hydrogens (tertiary/aromatic N) is 2. The molecule has 0 bridgehead atoms. The van der Waals surface area contributed by atoms with Crippen molar-refractivity contribution in [3.63, 3.8) is 0 Å². The monoisotopic (exact) mass is 284 g/mol. The molecular formula is C17H24N4. The van der Waals surface area contributed by atoms with Crippen molar-refractivity contribution in [3.8, 4) is 0 Å². The van der Waals surface area contributed by atoms with Crippen molar-refractivity contribution in [2.24, 2.45) is 5.84 Å². The van der Waals surface area contributed by atoms with Gasteiger partial charge in [0.2, 0.25) is 0 Å². The fourth-order valence-corrected chi connectivity index (χ4v) is 2.74. The number of hydrazine groups is 1. The van der Waals surface area contributed by atoms with Crippen LogP contribution < -0.4 is 11.3 Å². The number of benzene rings is 1. The molecule has 4 nitrogen and oxygen atoms in total. The highest BCUT2D eigenvalue weighted by Crippen LogP contribution is 2.24. The Bertz CT molecular complexity index is 602. The van der Waals surface area contributed by atoms with Gasteiger partial charge in [0.25, 0.3) is 0 Å². The van der Waals surface area contributed by atoms with E-state index in [1.54, 1.807) is 0 Å². The van der Waals surface area contributed by atoms with Crippen LogP contribution in [0.3, 0.4) is 0 Å². The second-order valence-electron chi connectivity index (χ2n) is 5.54. The normalized spacial score (nSPS) is 12.4. The van der Waals surface area contributed by atoms with Crippen molar-refractivity contribution in [1.29, 1.82) is 0 Å². The van der Waals surface area contributed by atoms with Gasteiger partial charge in [-0.05, 0) is 61.9 Å². The first-order valence-corrected chi connectivity index (χ1v) is 7.41. The van der Waals surface area contributed by atoms with Crippen molar-refractivity contribution in [2.75, 3.05) is 0 Å². The highest BCUT2D eigenvalue weighted by molar-refractivity contribution is 5.36. The lowest BCUT2D eigenvalue weighted by Gasteiger charge is -2.21. The third-order valence-corrected chi connectivity index (χ3v) is 3.99. The first-order valence-electron chi connectivity index (χ1n) is 7.41. The van der Waals surface area contributed by atoms with Crippen molar-refractivity contribution in [2.45, 2.75) is 46.6 Å².